The minimum Gasteiger partial charge on any atom is -0.391 e. The Kier molecular flexibility index (Phi) is 2.98. The summed E-state index contributed by atoms with van der Waals surface area (Å²) in [6.07, 6.45) is 2.09. The molecule has 0 bridgehead atoms. The van der Waals surface area contributed by atoms with Crippen LogP contribution in [0.3, 0.4) is 0 Å². The van der Waals surface area contributed by atoms with E-state index < -0.39 is 0 Å². The number of rotatable bonds is 3. The first-order chi connectivity index (χ1) is 6.36. The number of hydrogen-bond donors (Lipinski definition) is 2. The van der Waals surface area contributed by atoms with Crippen molar-refractivity contribution in [3.63, 3.8) is 0 Å². The van der Waals surface area contributed by atoms with Crippen LogP contribution in [0.5, 0.6) is 0 Å². The van der Waals surface area contributed by atoms with Crippen LogP contribution in [-0.2, 0) is 6.42 Å². The summed E-state index contributed by atoms with van der Waals surface area (Å²) >= 11 is 1.81. The molecule has 0 amide bonds. The third kappa shape index (κ3) is 2.30. The molecule has 13 heavy (non-hydrogen) atoms. The molecule has 1 aromatic rings. The first-order valence-corrected chi connectivity index (χ1v) is 5.65. The van der Waals surface area contributed by atoms with E-state index in [4.69, 9.17) is 0 Å². The van der Waals surface area contributed by atoms with E-state index in [0.29, 0.717) is 5.92 Å². The summed E-state index contributed by atoms with van der Waals surface area (Å²) in [6, 6.07) is 4.25. The fourth-order valence-corrected chi connectivity index (χ4v) is 2.52. The van der Waals surface area contributed by atoms with Gasteiger partial charge in [0.1, 0.15) is 0 Å². The van der Waals surface area contributed by atoms with Gasteiger partial charge in [-0.25, -0.2) is 0 Å². The lowest BCUT2D eigenvalue weighted by Gasteiger charge is -2.11. The molecule has 0 aliphatic carbocycles. The lowest BCUT2D eigenvalue weighted by molar-refractivity contribution is 0.143. The third-order valence-electron chi connectivity index (χ3n) is 2.65. The van der Waals surface area contributed by atoms with Crippen molar-refractivity contribution < 1.29 is 5.11 Å². The number of aryl methyl sites for hydroxylation is 1. The molecule has 1 saturated heterocycles. The van der Waals surface area contributed by atoms with E-state index >= 15 is 0 Å². The Labute approximate surface area is 82.6 Å². The van der Waals surface area contributed by atoms with Crippen molar-refractivity contribution in [2.45, 2.75) is 18.9 Å². The second-order valence-electron chi connectivity index (χ2n) is 3.60. The molecule has 1 aliphatic rings. The topological polar surface area (TPSA) is 32.3 Å². The first kappa shape index (κ1) is 9.19. The number of nitrogens with one attached hydrogen (secondary N) is 1. The highest BCUT2D eigenvalue weighted by Crippen LogP contribution is 2.18. The van der Waals surface area contributed by atoms with Gasteiger partial charge in [-0.3, -0.25) is 0 Å². The van der Waals surface area contributed by atoms with Gasteiger partial charge in [-0.15, -0.1) is 11.3 Å². The fraction of sp³-hybridized carbons (Fsp3) is 0.600. The van der Waals surface area contributed by atoms with Crippen molar-refractivity contribution >= 4 is 11.3 Å². The van der Waals surface area contributed by atoms with Gasteiger partial charge in [-0.1, -0.05) is 6.07 Å². The molecule has 1 aliphatic heterocycles. The molecule has 2 nitrogen and oxygen atoms in total. The van der Waals surface area contributed by atoms with Crippen LogP contribution in [0.2, 0.25) is 0 Å². The van der Waals surface area contributed by atoms with E-state index in [9.17, 15) is 5.11 Å². The zero-order chi connectivity index (χ0) is 9.10. The van der Waals surface area contributed by atoms with Crippen LogP contribution < -0.4 is 5.32 Å². The highest BCUT2D eigenvalue weighted by molar-refractivity contribution is 7.09. The van der Waals surface area contributed by atoms with Crippen molar-refractivity contribution in [1.29, 1.82) is 0 Å². The lowest BCUT2D eigenvalue weighted by Crippen LogP contribution is -2.18. The highest BCUT2D eigenvalue weighted by Gasteiger charge is 2.24. The summed E-state index contributed by atoms with van der Waals surface area (Å²) < 4.78 is 0. The number of hydrogen-bond acceptors (Lipinski definition) is 3. The van der Waals surface area contributed by atoms with Gasteiger partial charge in [0, 0.05) is 18.0 Å². The Morgan fingerprint density at radius 1 is 1.54 bits per heavy atom. The van der Waals surface area contributed by atoms with E-state index in [2.05, 4.69) is 22.8 Å². The van der Waals surface area contributed by atoms with E-state index in [0.717, 1.165) is 25.9 Å². The molecule has 2 heterocycles. The normalized spacial score (nSPS) is 28.1. The summed E-state index contributed by atoms with van der Waals surface area (Å²) in [7, 11) is 0. The summed E-state index contributed by atoms with van der Waals surface area (Å²) in [4.78, 5) is 1.43. The molecule has 2 atom stereocenters. The molecule has 0 aromatic carbocycles. The molecule has 1 aromatic heterocycles. The summed E-state index contributed by atoms with van der Waals surface area (Å²) in [5, 5.41) is 14.9. The summed E-state index contributed by atoms with van der Waals surface area (Å²) in [5.74, 6) is 0.460. The first-order valence-electron chi connectivity index (χ1n) is 4.77. The van der Waals surface area contributed by atoms with E-state index in [1.54, 1.807) is 11.3 Å². The maximum atomic E-state index is 9.56. The van der Waals surface area contributed by atoms with Gasteiger partial charge in [0.25, 0.3) is 0 Å². The average Bonchev–Trinajstić information content (AvgIpc) is 2.72. The smallest absolute Gasteiger partial charge is 0.0704 e. The van der Waals surface area contributed by atoms with Gasteiger partial charge in [0.05, 0.1) is 6.10 Å². The van der Waals surface area contributed by atoms with Gasteiger partial charge in [-0.05, 0) is 30.2 Å². The molecule has 0 spiro atoms. The minimum absolute atomic E-state index is 0.125. The van der Waals surface area contributed by atoms with E-state index in [-0.39, 0.29) is 6.10 Å². The minimum atomic E-state index is -0.125. The van der Waals surface area contributed by atoms with Crippen LogP contribution in [-0.4, -0.2) is 24.3 Å². The van der Waals surface area contributed by atoms with Crippen LogP contribution in [0.1, 0.15) is 11.3 Å². The number of β-amino-alcohol motifs (C(OH)–C–C–N with tert-alkyl or cyclic N) is 1. The molecule has 2 rings (SSSR count). The van der Waals surface area contributed by atoms with Crippen molar-refractivity contribution in [3.8, 4) is 0 Å². The van der Waals surface area contributed by atoms with Crippen LogP contribution >= 0.6 is 11.3 Å². The van der Waals surface area contributed by atoms with Gasteiger partial charge >= 0.3 is 0 Å². The standard InChI is InChI=1S/C10H15NOS/c12-10-7-11-6-8(10)3-4-9-2-1-5-13-9/h1-2,5,8,10-12H,3-4,6-7H2/t8-,10-/m1/s1. The predicted molar refractivity (Wildman–Crippen MR) is 55.0 cm³/mol. The molecule has 1 fully saturated rings. The molecule has 72 valence electrons. The molecular formula is C10H15NOS. The second kappa shape index (κ2) is 4.22. The summed E-state index contributed by atoms with van der Waals surface area (Å²) in [5.41, 5.74) is 0. The third-order valence-corrected chi connectivity index (χ3v) is 3.58. The van der Waals surface area contributed by atoms with Gasteiger partial charge in [0.15, 0.2) is 0 Å². The Hall–Kier alpha value is -0.380. The van der Waals surface area contributed by atoms with Crippen LogP contribution in [0, 0.1) is 5.92 Å². The van der Waals surface area contributed by atoms with Crippen molar-refractivity contribution in [2.75, 3.05) is 13.1 Å². The van der Waals surface area contributed by atoms with Crippen molar-refractivity contribution in [2.24, 2.45) is 5.92 Å². The number of thiophene rings is 1. The van der Waals surface area contributed by atoms with Crippen LogP contribution in [0.4, 0.5) is 0 Å². The average molecular weight is 197 g/mol. The zero-order valence-corrected chi connectivity index (χ0v) is 8.39. The van der Waals surface area contributed by atoms with Crippen molar-refractivity contribution in [3.05, 3.63) is 22.4 Å². The van der Waals surface area contributed by atoms with Gasteiger partial charge < -0.3 is 10.4 Å². The molecule has 0 radical (unpaired) electrons. The zero-order valence-electron chi connectivity index (χ0n) is 7.57. The number of aliphatic hydroxyl groups excluding tert-OH is 1. The Morgan fingerprint density at radius 3 is 3.08 bits per heavy atom. The number of aliphatic hydroxyl groups is 1. The molecule has 0 saturated carbocycles. The van der Waals surface area contributed by atoms with Gasteiger partial charge in [-0.2, -0.15) is 0 Å². The molecule has 0 unspecified atom stereocenters. The largest absolute Gasteiger partial charge is 0.391 e. The highest BCUT2D eigenvalue weighted by atomic mass is 32.1. The monoisotopic (exact) mass is 197 g/mol. The molecule has 3 heteroatoms. The molecule has 2 N–H and O–H groups in total. The van der Waals surface area contributed by atoms with Crippen LogP contribution in [0.25, 0.3) is 0 Å². The lowest BCUT2D eigenvalue weighted by atomic mass is 10.00. The Bertz CT molecular complexity index is 247. The Balaban J connectivity index is 1.79. The maximum absolute atomic E-state index is 9.56. The van der Waals surface area contributed by atoms with Crippen molar-refractivity contribution in [1.82, 2.24) is 5.32 Å². The maximum Gasteiger partial charge on any atom is 0.0704 e. The fourth-order valence-electron chi connectivity index (χ4n) is 1.80. The van der Waals surface area contributed by atoms with E-state index in [1.807, 2.05) is 0 Å². The SMILES string of the molecule is O[C@@H]1CNC[C@H]1CCc1cccs1. The van der Waals surface area contributed by atoms with E-state index in [1.165, 1.54) is 4.88 Å². The second-order valence-corrected chi connectivity index (χ2v) is 4.64. The summed E-state index contributed by atoms with van der Waals surface area (Å²) in [6.45, 7) is 1.75. The van der Waals surface area contributed by atoms with Gasteiger partial charge in [0.2, 0.25) is 0 Å². The predicted octanol–water partition coefficient (Wildman–Crippen LogP) is 1.26. The molecular weight excluding hydrogens is 182 g/mol. The van der Waals surface area contributed by atoms with Crippen LogP contribution in [0.15, 0.2) is 17.5 Å². The Morgan fingerprint density at radius 2 is 2.46 bits per heavy atom. The quantitative estimate of drug-likeness (QED) is 0.764.